The molecule has 2 aliphatic rings. The lowest BCUT2D eigenvalue weighted by atomic mass is 10.0. The van der Waals surface area contributed by atoms with Gasteiger partial charge in [0.25, 0.3) is 0 Å². The van der Waals surface area contributed by atoms with Crippen LogP contribution >= 0.6 is 23.2 Å². The predicted octanol–water partition coefficient (Wildman–Crippen LogP) is 5.07. The van der Waals surface area contributed by atoms with Gasteiger partial charge in [-0.15, -0.1) is 0 Å². The van der Waals surface area contributed by atoms with Crippen LogP contribution in [-0.2, 0) is 0 Å². The number of urea groups is 1. The molecule has 2 amide bonds. The molecule has 0 aromatic heterocycles. The molecule has 1 unspecified atom stereocenters. The van der Waals surface area contributed by atoms with E-state index >= 15 is 0 Å². The number of nitrogens with zero attached hydrogens (tertiary/aromatic N) is 2. The molecule has 1 atom stereocenters. The minimum absolute atomic E-state index is 0.287. The van der Waals surface area contributed by atoms with E-state index in [4.69, 9.17) is 23.2 Å². The van der Waals surface area contributed by atoms with Gasteiger partial charge in [0.05, 0.1) is 10.0 Å². The van der Waals surface area contributed by atoms with Crippen molar-refractivity contribution in [1.29, 1.82) is 0 Å². The highest BCUT2D eigenvalue weighted by Gasteiger charge is 2.38. The molecule has 2 aromatic rings. The molecule has 1 saturated carbocycles. The van der Waals surface area contributed by atoms with E-state index in [1.165, 1.54) is 12.8 Å². The number of benzene rings is 2. The van der Waals surface area contributed by atoms with Gasteiger partial charge >= 0.3 is 6.03 Å². The first-order valence-electron chi connectivity index (χ1n) is 8.29. The number of anilines is 1. The van der Waals surface area contributed by atoms with Gasteiger partial charge in [-0.25, -0.2) is 4.79 Å². The Labute approximate surface area is 156 Å². The van der Waals surface area contributed by atoms with E-state index in [9.17, 15) is 4.79 Å². The van der Waals surface area contributed by atoms with Gasteiger partial charge in [0.2, 0.25) is 0 Å². The van der Waals surface area contributed by atoms with E-state index < -0.39 is 0 Å². The number of carbonyl (C=O) groups is 1. The Bertz CT molecular complexity index is 834. The standard InChI is InChI=1S/C19H17Cl2N3O/c20-15-9-8-14(10-16(15)21)24-17(13-4-2-1-3-5-13)18(23-19(24)25)22-11-12-6-7-12/h1-5,8-10,12,17H,6-7,11H2,(H,22,23,25). The lowest BCUT2D eigenvalue weighted by Gasteiger charge is -2.26. The normalized spacial score (nSPS) is 19.9. The van der Waals surface area contributed by atoms with E-state index in [-0.39, 0.29) is 12.1 Å². The molecule has 4 rings (SSSR count). The molecule has 128 valence electrons. The van der Waals surface area contributed by atoms with Crippen LogP contribution in [0.1, 0.15) is 24.4 Å². The number of halogens is 2. The van der Waals surface area contributed by atoms with Gasteiger partial charge < -0.3 is 5.32 Å². The maximum atomic E-state index is 12.6. The molecule has 1 aliphatic heterocycles. The van der Waals surface area contributed by atoms with Crippen LogP contribution in [0.15, 0.2) is 53.5 Å². The van der Waals surface area contributed by atoms with Crippen LogP contribution < -0.4 is 10.2 Å². The van der Waals surface area contributed by atoms with Crippen LogP contribution in [0.4, 0.5) is 10.5 Å². The zero-order chi connectivity index (χ0) is 17.4. The van der Waals surface area contributed by atoms with E-state index in [2.05, 4.69) is 10.3 Å². The molecule has 1 aliphatic carbocycles. The zero-order valence-electron chi connectivity index (χ0n) is 13.5. The third-order valence-electron chi connectivity index (χ3n) is 4.50. The van der Waals surface area contributed by atoms with E-state index in [0.29, 0.717) is 27.5 Å². The van der Waals surface area contributed by atoms with Crippen LogP contribution in [0.2, 0.25) is 10.0 Å². The average molecular weight is 374 g/mol. The summed E-state index contributed by atoms with van der Waals surface area (Å²) >= 11 is 12.2. The van der Waals surface area contributed by atoms with Crippen LogP contribution in [0.3, 0.4) is 0 Å². The van der Waals surface area contributed by atoms with Gasteiger partial charge in [-0.05, 0) is 42.5 Å². The molecule has 1 N–H and O–H groups in total. The van der Waals surface area contributed by atoms with Crippen molar-refractivity contribution in [2.75, 3.05) is 11.4 Å². The fourth-order valence-corrected chi connectivity index (χ4v) is 3.29. The average Bonchev–Trinajstić information content (AvgIpc) is 3.39. The molecule has 4 nitrogen and oxygen atoms in total. The summed E-state index contributed by atoms with van der Waals surface area (Å²) in [6, 6.07) is 14.5. The Morgan fingerprint density at radius 3 is 2.52 bits per heavy atom. The first kappa shape index (κ1) is 16.4. The molecule has 0 bridgehead atoms. The second kappa shape index (κ2) is 6.70. The predicted molar refractivity (Wildman–Crippen MR) is 102 cm³/mol. The van der Waals surface area contributed by atoms with Crippen molar-refractivity contribution in [2.24, 2.45) is 10.9 Å². The molecule has 25 heavy (non-hydrogen) atoms. The highest BCUT2D eigenvalue weighted by Crippen LogP contribution is 2.36. The summed E-state index contributed by atoms with van der Waals surface area (Å²) in [7, 11) is 0. The highest BCUT2D eigenvalue weighted by atomic mass is 35.5. The summed E-state index contributed by atoms with van der Waals surface area (Å²) in [5.41, 5.74) is 1.68. The summed E-state index contributed by atoms with van der Waals surface area (Å²) in [6.45, 7) is 0.852. The molecule has 0 saturated heterocycles. The lowest BCUT2D eigenvalue weighted by Crippen LogP contribution is -2.36. The third kappa shape index (κ3) is 3.37. The topological polar surface area (TPSA) is 44.7 Å². The number of hydrogen-bond acceptors (Lipinski definition) is 2. The second-order valence-electron chi connectivity index (χ2n) is 6.39. The summed E-state index contributed by atoms with van der Waals surface area (Å²) in [4.78, 5) is 18.6. The summed E-state index contributed by atoms with van der Waals surface area (Å²) in [5.74, 6) is 1.38. The van der Waals surface area contributed by atoms with Crippen molar-refractivity contribution in [2.45, 2.75) is 18.9 Å². The first-order valence-corrected chi connectivity index (χ1v) is 9.05. The number of amidine groups is 1. The van der Waals surface area contributed by atoms with Crippen molar-refractivity contribution in [3.63, 3.8) is 0 Å². The Morgan fingerprint density at radius 1 is 1.08 bits per heavy atom. The van der Waals surface area contributed by atoms with Crippen LogP contribution in [0, 0.1) is 5.92 Å². The van der Waals surface area contributed by atoms with Crippen molar-refractivity contribution in [1.82, 2.24) is 5.32 Å². The molecule has 0 radical (unpaired) electrons. The van der Waals surface area contributed by atoms with Gasteiger partial charge in [0.15, 0.2) is 0 Å². The van der Waals surface area contributed by atoms with Gasteiger partial charge in [-0.3, -0.25) is 4.90 Å². The third-order valence-corrected chi connectivity index (χ3v) is 5.24. The highest BCUT2D eigenvalue weighted by molar-refractivity contribution is 6.42. The number of amides is 2. The molecule has 0 spiro atoms. The maximum absolute atomic E-state index is 12.6. The number of nitrogens with one attached hydrogen (secondary N) is 1. The molecular weight excluding hydrogens is 357 g/mol. The Morgan fingerprint density at radius 2 is 1.84 bits per heavy atom. The Kier molecular flexibility index (Phi) is 4.40. The molecule has 2 aromatic carbocycles. The first-order chi connectivity index (χ1) is 12.1. The van der Waals surface area contributed by atoms with Gasteiger partial charge in [0, 0.05) is 12.2 Å². The second-order valence-corrected chi connectivity index (χ2v) is 7.20. The maximum Gasteiger partial charge on any atom is 0.350 e. The Balaban J connectivity index is 1.70. The van der Waals surface area contributed by atoms with Gasteiger partial charge in [0.1, 0.15) is 11.9 Å². The molecule has 1 fully saturated rings. The monoisotopic (exact) mass is 373 g/mol. The Hall–Kier alpha value is -2.04. The molecule has 6 heteroatoms. The summed E-state index contributed by atoms with van der Waals surface area (Å²) in [6.07, 6.45) is 2.47. The minimum Gasteiger partial charge on any atom is -0.371 e. The smallest absolute Gasteiger partial charge is 0.350 e. The van der Waals surface area contributed by atoms with E-state index in [1.54, 1.807) is 23.1 Å². The lowest BCUT2D eigenvalue weighted by molar-refractivity contribution is 0.255. The number of hydrogen-bond donors (Lipinski definition) is 1. The number of rotatable bonds is 4. The quantitative estimate of drug-likeness (QED) is 0.812. The molecular formula is C19H17Cl2N3O. The van der Waals surface area contributed by atoms with Crippen molar-refractivity contribution < 1.29 is 4.79 Å². The fraction of sp³-hybridized carbons (Fsp3) is 0.263. The SMILES string of the molecule is O=C1N=C(NCC2CC2)C(c2ccccc2)N1c1ccc(Cl)c(Cl)c1. The largest absolute Gasteiger partial charge is 0.371 e. The van der Waals surface area contributed by atoms with Crippen LogP contribution in [-0.4, -0.2) is 18.4 Å². The van der Waals surface area contributed by atoms with E-state index in [0.717, 1.165) is 12.1 Å². The minimum atomic E-state index is -0.300. The van der Waals surface area contributed by atoms with Crippen molar-refractivity contribution in [3.8, 4) is 0 Å². The van der Waals surface area contributed by atoms with E-state index in [1.807, 2.05) is 30.3 Å². The van der Waals surface area contributed by atoms with Gasteiger partial charge in [-0.1, -0.05) is 53.5 Å². The fourth-order valence-electron chi connectivity index (χ4n) is 2.99. The zero-order valence-corrected chi connectivity index (χ0v) is 15.0. The molecule has 1 heterocycles. The van der Waals surface area contributed by atoms with Crippen LogP contribution in [0.25, 0.3) is 0 Å². The van der Waals surface area contributed by atoms with Crippen molar-refractivity contribution >= 4 is 40.8 Å². The van der Waals surface area contributed by atoms with Crippen molar-refractivity contribution in [3.05, 3.63) is 64.1 Å². The van der Waals surface area contributed by atoms with Gasteiger partial charge in [-0.2, -0.15) is 4.99 Å². The number of aliphatic imine (C=N–C) groups is 1. The van der Waals surface area contributed by atoms with Crippen LogP contribution in [0.5, 0.6) is 0 Å². The summed E-state index contributed by atoms with van der Waals surface area (Å²) in [5, 5.41) is 4.25. The summed E-state index contributed by atoms with van der Waals surface area (Å²) < 4.78 is 0. The number of carbonyl (C=O) groups excluding carboxylic acids is 1.